The fourth-order valence-corrected chi connectivity index (χ4v) is 4.35. The average molecular weight is 550 g/mol. The number of rotatable bonds is 5. The Bertz CT molecular complexity index is 861. The number of benzene rings is 1. The van der Waals surface area contributed by atoms with Crippen molar-refractivity contribution in [1.82, 2.24) is 15.2 Å². The van der Waals surface area contributed by atoms with Gasteiger partial charge in [-0.25, -0.2) is 4.98 Å². The van der Waals surface area contributed by atoms with Crippen LogP contribution in [0.1, 0.15) is 24.8 Å². The molecule has 0 bridgehead atoms. The summed E-state index contributed by atoms with van der Waals surface area (Å²) in [6, 6.07) is 12.6. The second-order valence-electron chi connectivity index (χ2n) is 8.14. The first-order valence-corrected chi connectivity index (χ1v) is 11.3. The third-order valence-electron chi connectivity index (χ3n) is 6.17. The molecule has 32 heavy (non-hydrogen) atoms. The summed E-state index contributed by atoms with van der Waals surface area (Å²) in [4.78, 5) is 16.3. The zero-order chi connectivity index (χ0) is 21.5. The first-order valence-electron chi connectivity index (χ1n) is 11.3. The lowest BCUT2D eigenvalue weighted by Crippen LogP contribution is -2.52. The van der Waals surface area contributed by atoms with E-state index in [9.17, 15) is 0 Å². The Labute approximate surface area is 208 Å². The number of piperazine rings is 1. The highest BCUT2D eigenvalue weighted by molar-refractivity contribution is 14.0. The Morgan fingerprint density at radius 2 is 1.69 bits per heavy atom. The minimum absolute atomic E-state index is 0. The van der Waals surface area contributed by atoms with Gasteiger partial charge >= 0.3 is 0 Å². The van der Waals surface area contributed by atoms with Crippen LogP contribution in [0.3, 0.4) is 0 Å². The molecule has 7 nitrogen and oxygen atoms in total. The van der Waals surface area contributed by atoms with Gasteiger partial charge in [-0.2, -0.15) is 0 Å². The standard InChI is InChI=1S/C24H34N6O.HI/c1-25-24(27-19-20-10-11-26-23(18-20)29-12-4-3-5-13-29)30-16-14-28(15-17-30)21-6-8-22(31-2)9-7-21;/h6-11,18H,3-5,12-17,19H2,1-2H3,(H,25,27);1H. The van der Waals surface area contributed by atoms with Gasteiger partial charge < -0.3 is 24.8 Å². The smallest absolute Gasteiger partial charge is 0.194 e. The molecule has 0 aliphatic carbocycles. The van der Waals surface area contributed by atoms with E-state index in [0.717, 1.165) is 63.3 Å². The Kier molecular flexibility index (Phi) is 9.25. The van der Waals surface area contributed by atoms with Crippen molar-refractivity contribution in [2.45, 2.75) is 25.8 Å². The summed E-state index contributed by atoms with van der Waals surface area (Å²) in [5.74, 6) is 2.96. The second kappa shape index (κ2) is 12.1. The highest BCUT2D eigenvalue weighted by Gasteiger charge is 2.20. The number of piperidine rings is 1. The van der Waals surface area contributed by atoms with Crippen molar-refractivity contribution >= 4 is 41.4 Å². The van der Waals surface area contributed by atoms with Crippen LogP contribution in [0.15, 0.2) is 47.6 Å². The molecule has 1 N–H and O–H groups in total. The summed E-state index contributed by atoms with van der Waals surface area (Å²) < 4.78 is 5.27. The van der Waals surface area contributed by atoms with Crippen LogP contribution in [0.5, 0.6) is 5.75 Å². The lowest BCUT2D eigenvalue weighted by molar-refractivity contribution is 0.372. The summed E-state index contributed by atoms with van der Waals surface area (Å²) >= 11 is 0. The molecule has 2 aromatic rings. The van der Waals surface area contributed by atoms with Crippen LogP contribution in [-0.4, -0.2) is 69.3 Å². The summed E-state index contributed by atoms with van der Waals surface area (Å²) in [6.45, 7) is 6.83. The Morgan fingerprint density at radius 3 is 2.34 bits per heavy atom. The summed E-state index contributed by atoms with van der Waals surface area (Å²) in [5.41, 5.74) is 2.49. The molecule has 3 heterocycles. The predicted molar refractivity (Wildman–Crippen MR) is 143 cm³/mol. The third kappa shape index (κ3) is 6.17. The molecular formula is C24H35IN6O. The first kappa shape index (κ1) is 24.4. The molecule has 0 spiro atoms. The molecule has 2 fully saturated rings. The van der Waals surface area contributed by atoms with E-state index < -0.39 is 0 Å². The van der Waals surface area contributed by atoms with Gasteiger partial charge in [0.1, 0.15) is 11.6 Å². The highest BCUT2D eigenvalue weighted by atomic mass is 127. The topological polar surface area (TPSA) is 56.2 Å². The normalized spacial score (nSPS) is 17.1. The number of methoxy groups -OCH3 is 1. The summed E-state index contributed by atoms with van der Waals surface area (Å²) in [7, 11) is 3.57. The monoisotopic (exact) mass is 550 g/mol. The van der Waals surface area contributed by atoms with Gasteiger partial charge in [0.15, 0.2) is 5.96 Å². The number of pyridine rings is 1. The van der Waals surface area contributed by atoms with Crippen molar-refractivity contribution < 1.29 is 4.74 Å². The Balaban J connectivity index is 0.00000289. The number of halogens is 1. The highest BCUT2D eigenvalue weighted by Crippen LogP contribution is 2.21. The van der Waals surface area contributed by atoms with Gasteiger partial charge in [-0.15, -0.1) is 24.0 Å². The van der Waals surface area contributed by atoms with Gasteiger partial charge in [-0.3, -0.25) is 4.99 Å². The van der Waals surface area contributed by atoms with Gasteiger partial charge in [0.05, 0.1) is 7.11 Å². The number of aromatic nitrogens is 1. The molecule has 1 aromatic heterocycles. The Morgan fingerprint density at radius 1 is 0.969 bits per heavy atom. The minimum atomic E-state index is 0. The van der Waals surface area contributed by atoms with Crippen molar-refractivity contribution in [2.24, 2.45) is 4.99 Å². The number of aliphatic imine (C=N–C) groups is 1. The Hall–Kier alpha value is -2.23. The number of guanidine groups is 1. The fraction of sp³-hybridized carbons (Fsp3) is 0.500. The molecule has 174 valence electrons. The molecule has 1 aromatic carbocycles. The largest absolute Gasteiger partial charge is 0.497 e. The van der Waals surface area contributed by atoms with Crippen LogP contribution in [0.25, 0.3) is 0 Å². The van der Waals surface area contributed by atoms with E-state index in [4.69, 9.17) is 4.74 Å². The molecule has 8 heteroatoms. The maximum absolute atomic E-state index is 5.27. The number of anilines is 2. The maximum atomic E-state index is 5.27. The second-order valence-corrected chi connectivity index (χ2v) is 8.14. The molecule has 2 aliphatic heterocycles. The number of hydrogen-bond donors (Lipinski definition) is 1. The quantitative estimate of drug-likeness (QED) is 0.349. The van der Waals surface area contributed by atoms with Gasteiger partial charge in [-0.1, -0.05) is 0 Å². The van der Waals surface area contributed by atoms with Gasteiger partial charge in [0.25, 0.3) is 0 Å². The third-order valence-corrected chi connectivity index (χ3v) is 6.17. The zero-order valence-electron chi connectivity index (χ0n) is 19.2. The van der Waals surface area contributed by atoms with Crippen LogP contribution >= 0.6 is 24.0 Å². The summed E-state index contributed by atoms with van der Waals surface area (Å²) in [5, 5.41) is 3.55. The van der Waals surface area contributed by atoms with Gasteiger partial charge in [0.2, 0.25) is 0 Å². The molecule has 4 rings (SSSR count). The van der Waals surface area contributed by atoms with E-state index in [2.05, 4.69) is 54.3 Å². The van der Waals surface area contributed by atoms with E-state index in [0.29, 0.717) is 0 Å². The average Bonchev–Trinajstić information content (AvgIpc) is 2.85. The van der Waals surface area contributed by atoms with Crippen LogP contribution in [0.2, 0.25) is 0 Å². The maximum Gasteiger partial charge on any atom is 0.194 e. The SMILES string of the molecule is CN=C(NCc1ccnc(N2CCCCC2)c1)N1CCN(c2ccc(OC)cc2)CC1.I. The van der Waals surface area contributed by atoms with Gasteiger partial charge in [0, 0.05) is 64.7 Å². The van der Waals surface area contributed by atoms with E-state index in [-0.39, 0.29) is 24.0 Å². The number of ether oxygens (including phenoxy) is 1. The van der Waals surface area contributed by atoms with Crippen molar-refractivity contribution in [3.05, 3.63) is 48.2 Å². The molecule has 2 aliphatic rings. The molecule has 0 radical (unpaired) electrons. The van der Waals surface area contributed by atoms with E-state index in [1.807, 2.05) is 25.4 Å². The van der Waals surface area contributed by atoms with Crippen molar-refractivity contribution in [2.75, 3.05) is 63.2 Å². The molecule has 0 atom stereocenters. The van der Waals surface area contributed by atoms with Crippen molar-refractivity contribution in [3.8, 4) is 5.75 Å². The fourth-order valence-electron chi connectivity index (χ4n) is 4.35. The number of nitrogens with one attached hydrogen (secondary N) is 1. The van der Waals surface area contributed by atoms with Crippen LogP contribution < -0.4 is 19.9 Å². The molecule has 0 amide bonds. The summed E-state index contributed by atoms with van der Waals surface area (Å²) in [6.07, 6.45) is 5.79. The molecule has 2 saturated heterocycles. The van der Waals surface area contributed by atoms with Gasteiger partial charge in [-0.05, 0) is 61.2 Å². The first-order chi connectivity index (χ1) is 15.3. The van der Waals surface area contributed by atoms with E-state index in [1.54, 1.807) is 7.11 Å². The predicted octanol–water partition coefficient (Wildman–Crippen LogP) is 3.60. The lowest BCUT2D eigenvalue weighted by atomic mass is 10.1. The molecule has 0 saturated carbocycles. The minimum Gasteiger partial charge on any atom is -0.497 e. The number of hydrogen-bond acceptors (Lipinski definition) is 5. The molecular weight excluding hydrogens is 515 g/mol. The van der Waals surface area contributed by atoms with Crippen LogP contribution in [-0.2, 0) is 6.54 Å². The van der Waals surface area contributed by atoms with Crippen molar-refractivity contribution in [3.63, 3.8) is 0 Å². The van der Waals surface area contributed by atoms with E-state index in [1.165, 1.54) is 30.5 Å². The van der Waals surface area contributed by atoms with E-state index >= 15 is 0 Å². The molecule has 0 unspecified atom stereocenters. The number of nitrogens with zero attached hydrogens (tertiary/aromatic N) is 5. The lowest BCUT2D eigenvalue weighted by Gasteiger charge is -2.37. The van der Waals surface area contributed by atoms with Crippen molar-refractivity contribution in [1.29, 1.82) is 0 Å². The van der Waals surface area contributed by atoms with Crippen LogP contribution in [0.4, 0.5) is 11.5 Å². The zero-order valence-corrected chi connectivity index (χ0v) is 21.5. The van der Waals surface area contributed by atoms with Crippen LogP contribution in [0, 0.1) is 0 Å².